The summed E-state index contributed by atoms with van der Waals surface area (Å²) in [5, 5.41) is 3.46. The van der Waals surface area contributed by atoms with Gasteiger partial charge in [-0.2, -0.15) is 0 Å². The SMILES string of the molecule is Cc1c(Cl)cccc1NC(=O)c1ccccc1N1C(=O)[C@H]2C3c4ccccc4C(c4ccccc43)[C@@]2(C)C1=O. The molecule has 39 heavy (non-hydrogen) atoms. The summed E-state index contributed by atoms with van der Waals surface area (Å²) >= 11 is 6.26. The van der Waals surface area contributed by atoms with Crippen LogP contribution in [0.5, 0.6) is 0 Å². The molecule has 2 atom stereocenters. The first-order chi connectivity index (χ1) is 18.8. The minimum Gasteiger partial charge on any atom is -0.322 e. The summed E-state index contributed by atoms with van der Waals surface area (Å²) in [6.07, 6.45) is 0. The molecule has 5 nitrogen and oxygen atoms in total. The number of amides is 3. The minimum atomic E-state index is -0.975. The van der Waals surface area contributed by atoms with Gasteiger partial charge in [0.15, 0.2) is 0 Å². The maximum Gasteiger partial charge on any atom is 0.257 e. The van der Waals surface area contributed by atoms with Gasteiger partial charge < -0.3 is 5.32 Å². The van der Waals surface area contributed by atoms with Crippen LogP contribution in [0.4, 0.5) is 11.4 Å². The van der Waals surface area contributed by atoms with Gasteiger partial charge >= 0.3 is 0 Å². The highest BCUT2D eigenvalue weighted by Crippen LogP contribution is 2.67. The Bertz CT molecular complexity index is 1680. The van der Waals surface area contributed by atoms with E-state index in [0.29, 0.717) is 16.4 Å². The van der Waals surface area contributed by atoms with Crippen molar-refractivity contribution in [2.45, 2.75) is 25.7 Å². The number of rotatable bonds is 3. The van der Waals surface area contributed by atoms with E-state index in [2.05, 4.69) is 29.6 Å². The Morgan fingerprint density at radius 3 is 2.08 bits per heavy atom. The quantitative estimate of drug-likeness (QED) is 0.299. The fraction of sp³-hybridized carbons (Fsp3) is 0.182. The first kappa shape index (κ1) is 23.9. The van der Waals surface area contributed by atoms with Gasteiger partial charge in [-0.15, -0.1) is 0 Å². The van der Waals surface area contributed by atoms with Crippen LogP contribution in [0.3, 0.4) is 0 Å². The van der Waals surface area contributed by atoms with E-state index in [-0.39, 0.29) is 29.2 Å². The smallest absolute Gasteiger partial charge is 0.257 e. The molecule has 6 heteroatoms. The van der Waals surface area contributed by atoms with Crippen molar-refractivity contribution in [2.24, 2.45) is 11.3 Å². The number of para-hydroxylation sites is 1. The van der Waals surface area contributed by atoms with E-state index >= 15 is 0 Å². The zero-order chi connectivity index (χ0) is 27.1. The second-order valence-corrected chi connectivity index (χ2v) is 11.2. The number of imide groups is 1. The summed E-state index contributed by atoms with van der Waals surface area (Å²) in [7, 11) is 0. The summed E-state index contributed by atoms with van der Waals surface area (Å²) in [5.74, 6) is -1.99. The number of nitrogens with one attached hydrogen (secondary N) is 1. The zero-order valence-corrected chi connectivity index (χ0v) is 22.2. The molecule has 1 aliphatic heterocycles. The van der Waals surface area contributed by atoms with Crippen LogP contribution >= 0.6 is 11.6 Å². The fourth-order valence-corrected chi connectivity index (χ4v) is 7.31. The van der Waals surface area contributed by atoms with Crippen LogP contribution in [0.2, 0.25) is 5.02 Å². The predicted octanol–water partition coefficient (Wildman–Crippen LogP) is 6.69. The Hall–Kier alpha value is -4.22. The Balaban J connectivity index is 1.35. The molecule has 4 aliphatic rings. The van der Waals surface area contributed by atoms with E-state index in [1.807, 2.05) is 38.1 Å². The van der Waals surface area contributed by atoms with Crippen LogP contribution < -0.4 is 10.2 Å². The highest BCUT2D eigenvalue weighted by molar-refractivity contribution is 6.32. The Morgan fingerprint density at radius 1 is 0.821 bits per heavy atom. The zero-order valence-electron chi connectivity index (χ0n) is 21.4. The molecule has 1 fully saturated rings. The molecule has 0 radical (unpaired) electrons. The van der Waals surface area contributed by atoms with Crippen molar-refractivity contribution in [1.82, 2.24) is 0 Å². The van der Waals surface area contributed by atoms with Crippen molar-refractivity contribution >= 4 is 40.7 Å². The largest absolute Gasteiger partial charge is 0.322 e. The van der Waals surface area contributed by atoms with Crippen LogP contribution in [0, 0.1) is 18.3 Å². The molecule has 4 aromatic carbocycles. The molecule has 2 bridgehead atoms. The number of hydrogen-bond donors (Lipinski definition) is 1. The van der Waals surface area contributed by atoms with Crippen molar-refractivity contribution in [2.75, 3.05) is 10.2 Å². The first-order valence-corrected chi connectivity index (χ1v) is 13.4. The first-order valence-electron chi connectivity index (χ1n) is 13.1. The van der Waals surface area contributed by atoms with Gasteiger partial charge in [0.2, 0.25) is 11.8 Å². The lowest BCUT2D eigenvalue weighted by Gasteiger charge is -2.51. The average Bonchev–Trinajstić information content (AvgIpc) is 3.16. The molecule has 0 aromatic heterocycles. The number of hydrogen-bond acceptors (Lipinski definition) is 3. The maximum absolute atomic E-state index is 14.5. The molecule has 8 rings (SSSR count). The molecule has 0 unspecified atom stereocenters. The summed E-state index contributed by atoms with van der Waals surface area (Å²) < 4.78 is 0. The topological polar surface area (TPSA) is 66.5 Å². The van der Waals surface area contributed by atoms with E-state index in [9.17, 15) is 14.4 Å². The van der Waals surface area contributed by atoms with Crippen LogP contribution in [0.15, 0.2) is 91.0 Å². The normalized spacial score (nSPS) is 24.3. The molecule has 1 saturated heterocycles. The van der Waals surface area contributed by atoms with Crippen molar-refractivity contribution in [3.05, 3.63) is 129 Å². The van der Waals surface area contributed by atoms with Crippen molar-refractivity contribution in [3.63, 3.8) is 0 Å². The van der Waals surface area contributed by atoms with Gasteiger partial charge in [0.05, 0.1) is 22.6 Å². The minimum absolute atomic E-state index is 0.232. The van der Waals surface area contributed by atoms with Crippen LogP contribution in [-0.2, 0) is 9.59 Å². The Morgan fingerprint density at radius 2 is 1.41 bits per heavy atom. The molecular formula is C33H25ClN2O3. The number of carbonyl (C=O) groups excluding carboxylic acids is 3. The lowest BCUT2D eigenvalue weighted by Crippen LogP contribution is -2.49. The average molecular weight is 533 g/mol. The Labute approximate surface area is 231 Å². The number of carbonyl (C=O) groups is 3. The maximum atomic E-state index is 14.5. The van der Waals surface area contributed by atoms with Gasteiger partial charge in [-0.05, 0) is 65.9 Å². The summed E-state index contributed by atoms with van der Waals surface area (Å²) in [4.78, 5) is 43.6. The molecule has 3 aliphatic carbocycles. The summed E-state index contributed by atoms with van der Waals surface area (Å²) in [6.45, 7) is 3.76. The third-order valence-electron chi connectivity index (χ3n) is 8.92. The third kappa shape index (κ3) is 3.11. The predicted molar refractivity (Wildman–Crippen MR) is 151 cm³/mol. The summed E-state index contributed by atoms with van der Waals surface area (Å²) in [5.41, 5.74) is 5.31. The molecule has 0 saturated carbocycles. The molecule has 0 spiro atoms. The highest BCUT2D eigenvalue weighted by atomic mass is 35.5. The second kappa shape index (κ2) is 8.39. The molecule has 4 aromatic rings. The monoisotopic (exact) mass is 532 g/mol. The van der Waals surface area contributed by atoms with Crippen molar-refractivity contribution in [1.29, 1.82) is 0 Å². The Kier molecular flexibility index (Phi) is 5.13. The molecule has 1 N–H and O–H groups in total. The standard InChI is InChI=1S/C33H25ClN2O3/c1-18-24(34)15-9-16-25(18)35-30(37)23-14-7-8-17-26(23)36-31(38)29-27-19-10-3-5-12-21(19)28(33(29,2)32(36)39)22-13-6-4-11-20(22)27/h3-17,27-29H,1-2H3,(H,35,37)/t27?,28?,29-,33-/m1/s1. The second-order valence-electron chi connectivity index (χ2n) is 10.8. The molecule has 3 amide bonds. The van der Waals surface area contributed by atoms with Gasteiger partial charge in [-0.25, -0.2) is 4.90 Å². The van der Waals surface area contributed by atoms with E-state index < -0.39 is 17.2 Å². The molecule has 1 heterocycles. The van der Waals surface area contributed by atoms with E-state index in [1.165, 1.54) is 4.90 Å². The van der Waals surface area contributed by atoms with E-state index in [0.717, 1.165) is 27.8 Å². The number of halogens is 1. The lowest BCUT2D eigenvalue weighted by atomic mass is 9.48. The molecular weight excluding hydrogens is 508 g/mol. The molecule has 192 valence electrons. The highest BCUT2D eigenvalue weighted by Gasteiger charge is 2.69. The van der Waals surface area contributed by atoms with E-state index in [1.54, 1.807) is 42.5 Å². The van der Waals surface area contributed by atoms with Gasteiger partial charge in [-0.3, -0.25) is 14.4 Å². The van der Waals surface area contributed by atoms with Gasteiger partial charge in [-0.1, -0.05) is 78.3 Å². The number of nitrogens with zero attached hydrogens (tertiary/aromatic N) is 1. The van der Waals surface area contributed by atoms with E-state index in [4.69, 9.17) is 11.6 Å². The van der Waals surface area contributed by atoms with Gasteiger partial charge in [0.1, 0.15) is 0 Å². The van der Waals surface area contributed by atoms with Crippen molar-refractivity contribution in [3.8, 4) is 0 Å². The van der Waals surface area contributed by atoms with Gasteiger partial charge in [0, 0.05) is 22.5 Å². The summed E-state index contributed by atoms with van der Waals surface area (Å²) in [6, 6.07) is 28.4. The van der Waals surface area contributed by atoms with Crippen LogP contribution in [0.1, 0.15) is 56.9 Å². The van der Waals surface area contributed by atoms with Crippen LogP contribution in [-0.4, -0.2) is 17.7 Å². The lowest BCUT2D eigenvalue weighted by molar-refractivity contribution is -0.128. The van der Waals surface area contributed by atoms with Gasteiger partial charge in [0.25, 0.3) is 5.91 Å². The van der Waals surface area contributed by atoms with Crippen molar-refractivity contribution < 1.29 is 14.4 Å². The third-order valence-corrected chi connectivity index (χ3v) is 9.33. The number of anilines is 2. The number of benzene rings is 4. The van der Waals surface area contributed by atoms with Crippen LogP contribution in [0.25, 0.3) is 0 Å². The fourth-order valence-electron chi connectivity index (χ4n) is 7.14.